The predicted molar refractivity (Wildman–Crippen MR) is 85.3 cm³/mol. The Balaban J connectivity index is 2.32. The Morgan fingerprint density at radius 3 is 2.81 bits per heavy atom. The van der Waals surface area contributed by atoms with Crippen molar-refractivity contribution in [3.8, 4) is 16.9 Å². The van der Waals surface area contributed by atoms with E-state index in [0.29, 0.717) is 5.82 Å². The van der Waals surface area contributed by atoms with E-state index in [1.54, 1.807) is 19.5 Å². The number of pyridine rings is 2. The van der Waals surface area contributed by atoms with E-state index in [1.165, 1.54) is 0 Å². The van der Waals surface area contributed by atoms with Crippen molar-refractivity contribution in [2.24, 2.45) is 0 Å². The van der Waals surface area contributed by atoms with Crippen LogP contribution in [0.25, 0.3) is 22.0 Å². The van der Waals surface area contributed by atoms with Crippen molar-refractivity contribution in [3.05, 3.63) is 48.3 Å². The molecule has 0 bridgehead atoms. The summed E-state index contributed by atoms with van der Waals surface area (Å²) in [5, 5.41) is 1.07. The topological polar surface area (TPSA) is 61.0 Å². The normalized spacial score (nSPS) is 10.8. The second kappa shape index (κ2) is 5.40. The smallest absolute Gasteiger partial charge is 0.128 e. The third kappa shape index (κ3) is 2.29. The molecule has 0 aliphatic heterocycles. The molecule has 1 aromatic carbocycles. The highest BCUT2D eigenvalue weighted by Crippen LogP contribution is 2.36. The van der Waals surface area contributed by atoms with Gasteiger partial charge in [-0.2, -0.15) is 0 Å². The lowest BCUT2D eigenvalue weighted by molar-refractivity contribution is 0.417. The first kappa shape index (κ1) is 13.4. The van der Waals surface area contributed by atoms with Crippen LogP contribution in [0, 0.1) is 0 Å². The van der Waals surface area contributed by atoms with Gasteiger partial charge in [0, 0.05) is 23.3 Å². The highest BCUT2D eigenvalue weighted by molar-refractivity contribution is 5.97. The molecular weight excluding hydrogens is 262 g/mol. The van der Waals surface area contributed by atoms with Crippen molar-refractivity contribution in [3.63, 3.8) is 0 Å². The molecule has 3 rings (SSSR count). The Bertz CT molecular complexity index is 799. The molecule has 4 heteroatoms. The average molecular weight is 279 g/mol. The van der Waals surface area contributed by atoms with Crippen LogP contribution in [0.15, 0.2) is 42.7 Å². The quantitative estimate of drug-likeness (QED) is 0.797. The summed E-state index contributed by atoms with van der Waals surface area (Å²) >= 11 is 0. The molecular formula is C17H17N3O. The number of methoxy groups -OCH3 is 1. The number of fused-ring (bicyclic) bond motifs is 1. The second-order valence-electron chi connectivity index (χ2n) is 4.84. The number of nitrogens with zero attached hydrogens (tertiary/aromatic N) is 2. The number of aryl methyl sites for hydroxylation is 1. The van der Waals surface area contributed by atoms with Crippen molar-refractivity contribution in [2.45, 2.75) is 13.3 Å². The van der Waals surface area contributed by atoms with E-state index in [2.05, 4.69) is 23.0 Å². The molecule has 0 fully saturated rings. The van der Waals surface area contributed by atoms with Crippen LogP contribution < -0.4 is 10.5 Å². The first-order valence-corrected chi connectivity index (χ1v) is 6.91. The van der Waals surface area contributed by atoms with Gasteiger partial charge >= 0.3 is 0 Å². The SMILES string of the molecule is CCc1cc(-c2c(OC)ccc3cccnc23)cnc1N. The fourth-order valence-electron chi connectivity index (χ4n) is 2.52. The summed E-state index contributed by atoms with van der Waals surface area (Å²) in [4.78, 5) is 8.81. The predicted octanol–water partition coefficient (Wildman–Crippen LogP) is 3.45. The molecule has 0 saturated heterocycles. The summed E-state index contributed by atoms with van der Waals surface area (Å²) in [6.45, 7) is 2.07. The van der Waals surface area contributed by atoms with Gasteiger partial charge in [-0.3, -0.25) is 4.98 Å². The van der Waals surface area contributed by atoms with Gasteiger partial charge in [-0.25, -0.2) is 4.98 Å². The molecule has 0 saturated carbocycles. The van der Waals surface area contributed by atoms with E-state index in [9.17, 15) is 0 Å². The molecule has 106 valence electrons. The van der Waals surface area contributed by atoms with Crippen LogP contribution in [0.2, 0.25) is 0 Å². The van der Waals surface area contributed by atoms with Crippen molar-refractivity contribution < 1.29 is 4.74 Å². The Hall–Kier alpha value is -2.62. The molecule has 0 aliphatic carbocycles. The van der Waals surface area contributed by atoms with Gasteiger partial charge < -0.3 is 10.5 Å². The van der Waals surface area contributed by atoms with Crippen LogP contribution in [-0.4, -0.2) is 17.1 Å². The first-order valence-electron chi connectivity index (χ1n) is 6.91. The van der Waals surface area contributed by atoms with Crippen molar-refractivity contribution >= 4 is 16.7 Å². The van der Waals surface area contributed by atoms with Gasteiger partial charge in [-0.15, -0.1) is 0 Å². The summed E-state index contributed by atoms with van der Waals surface area (Å²) in [5.74, 6) is 1.36. The highest BCUT2D eigenvalue weighted by atomic mass is 16.5. The molecule has 2 aromatic heterocycles. The molecule has 21 heavy (non-hydrogen) atoms. The summed E-state index contributed by atoms with van der Waals surface area (Å²) in [6.07, 6.45) is 4.41. The number of hydrogen-bond donors (Lipinski definition) is 1. The minimum absolute atomic E-state index is 0.577. The molecule has 0 spiro atoms. The zero-order valence-electron chi connectivity index (χ0n) is 12.1. The van der Waals surface area contributed by atoms with Crippen LogP contribution in [0.1, 0.15) is 12.5 Å². The van der Waals surface area contributed by atoms with Crippen LogP contribution in [0.4, 0.5) is 5.82 Å². The van der Waals surface area contributed by atoms with E-state index in [-0.39, 0.29) is 0 Å². The third-order valence-electron chi connectivity index (χ3n) is 3.63. The molecule has 2 heterocycles. The minimum Gasteiger partial charge on any atom is -0.496 e. The molecule has 3 aromatic rings. The van der Waals surface area contributed by atoms with Crippen molar-refractivity contribution in [1.82, 2.24) is 9.97 Å². The standard InChI is InChI=1S/C17H17N3O/c1-3-11-9-13(10-20-17(11)18)15-14(21-2)7-6-12-5-4-8-19-16(12)15/h4-10H,3H2,1-2H3,(H2,18,20). The fourth-order valence-corrected chi connectivity index (χ4v) is 2.52. The van der Waals surface area contributed by atoms with Crippen LogP contribution in [-0.2, 0) is 6.42 Å². The summed E-state index contributed by atoms with van der Waals surface area (Å²) in [7, 11) is 1.67. The number of anilines is 1. The Morgan fingerprint density at radius 1 is 1.19 bits per heavy atom. The maximum Gasteiger partial charge on any atom is 0.128 e. The van der Waals surface area contributed by atoms with E-state index in [4.69, 9.17) is 10.5 Å². The van der Waals surface area contributed by atoms with Gasteiger partial charge in [-0.05, 0) is 36.2 Å². The van der Waals surface area contributed by atoms with Crippen LogP contribution >= 0.6 is 0 Å². The number of nitrogen functional groups attached to an aromatic ring is 1. The van der Waals surface area contributed by atoms with E-state index in [0.717, 1.165) is 39.8 Å². The fraction of sp³-hybridized carbons (Fsp3) is 0.176. The Labute approximate surface area is 123 Å². The number of hydrogen-bond acceptors (Lipinski definition) is 4. The van der Waals surface area contributed by atoms with E-state index >= 15 is 0 Å². The van der Waals surface area contributed by atoms with Gasteiger partial charge in [-0.1, -0.05) is 13.0 Å². The first-order chi connectivity index (χ1) is 10.2. The highest BCUT2D eigenvalue weighted by Gasteiger charge is 2.13. The number of benzene rings is 1. The van der Waals surface area contributed by atoms with Gasteiger partial charge in [0.15, 0.2) is 0 Å². The van der Waals surface area contributed by atoms with Crippen LogP contribution in [0.3, 0.4) is 0 Å². The van der Waals surface area contributed by atoms with Crippen molar-refractivity contribution in [2.75, 3.05) is 12.8 Å². The zero-order valence-corrected chi connectivity index (χ0v) is 12.1. The summed E-state index contributed by atoms with van der Waals surface area (Å²) in [5.41, 5.74) is 9.77. The molecule has 0 radical (unpaired) electrons. The molecule has 0 aliphatic rings. The van der Waals surface area contributed by atoms with E-state index < -0.39 is 0 Å². The minimum atomic E-state index is 0.577. The second-order valence-corrected chi connectivity index (χ2v) is 4.84. The van der Waals surface area contributed by atoms with Gasteiger partial charge in [0.1, 0.15) is 11.6 Å². The van der Waals surface area contributed by atoms with Gasteiger partial charge in [0.05, 0.1) is 18.2 Å². The number of ether oxygens (including phenoxy) is 1. The van der Waals surface area contributed by atoms with E-state index in [1.807, 2.05) is 24.3 Å². The molecule has 0 unspecified atom stereocenters. The lowest BCUT2D eigenvalue weighted by Crippen LogP contribution is -1.98. The summed E-state index contributed by atoms with van der Waals surface area (Å²) in [6, 6.07) is 10.00. The molecule has 4 nitrogen and oxygen atoms in total. The largest absolute Gasteiger partial charge is 0.496 e. The molecule has 0 atom stereocenters. The number of aromatic nitrogens is 2. The van der Waals surface area contributed by atoms with Gasteiger partial charge in [0.2, 0.25) is 0 Å². The number of nitrogens with two attached hydrogens (primary N) is 1. The average Bonchev–Trinajstić information content (AvgIpc) is 2.54. The maximum atomic E-state index is 5.90. The monoisotopic (exact) mass is 279 g/mol. The maximum absolute atomic E-state index is 5.90. The number of rotatable bonds is 3. The van der Waals surface area contributed by atoms with Crippen LogP contribution in [0.5, 0.6) is 5.75 Å². The van der Waals surface area contributed by atoms with Crippen molar-refractivity contribution in [1.29, 1.82) is 0 Å². The summed E-state index contributed by atoms with van der Waals surface area (Å²) < 4.78 is 5.51. The lowest BCUT2D eigenvalue weighted by Gasteiger charge is -2.13. The Kier molecular flexibility index (Phi) is 3.44. The Morgan fingerprint density at radius 2 is 2.05 bits per heavy atom. The molecule has 2 N–H and O–H groups in total. The zero-order chi connectivity index (χ0) is 14.8. The third-order valence-corrected chi connectivity index (χ3v) is 3.63. The van der Waals surface area contributed by atoms with Gasteiger partial charge in [0.25, 0.3) is 0 Å². The molecule has 0 amide bonds. The lowest BCUT2D eigenvalue weighted by atomic mass is 10.00.